The van der Waals surface area contributed by atoms with E-state index < -0.39 is 0 Å². The molecule has 1 aromatic heterocycles. The zero-order chi connectivity index (χ0) is 17.2. The minimum atomic E-state index is 0.337. The van der Waals surface area contributed by atoms with Crippen LogP contribution >= 0.6 is 0 Å². The van der Waals surface area contributed by atoms with Crippen molar-refractivity contribution in [2.24, 2.45) is 0 Å². The van der Waals surface area contributed by atoms with Crippen LogP contribution in [0.25, 0.3) is 0 Å². The molecule has 2 saturated heterocycles. The highest BCUT2D eigenvalue weighted by Gasteiger charge is 2.40. The average molecular weight is 340 g/mol. The van der Waals surface area contributed by atoms with Crippen molar-refractivity contribution in [3.63, 3.8) is 0 Å². The lowest BCUT2D eigenvalue weighted by atomic mass is 9.86. The highest BCUT2D eigenvalue weighted by molar-refractivity contribution is 5.26. The van der Waals surface area contributed by atoms with Crippen molar-refractivity contribution in [3.05, 3.63) is 52.9 Å². The molecule has 0 saturated carbocycles. The minimum absolute atomic E-state index is 0.337. The molecule has 3 heterocycles. The Hall–Kier alpha value is -1.69. The fourth-order valence-corrected chi connectivity index (χ4v) is 4.34. The SMILES string of the molecule is Cc1cc(C2CNNC2C2CCCCN2Cc2ccccc2C)on1. The third-order valence-electron chi connectivity index (χ3n) is 5.75. The van der Waals surface area contributed by atoms with Gasteiger partial charge in [0, 0.05) is 31.2 Å². The number of piperidine rings is 1. The van der Waals surface area contributed by atoms with Gasteiger partial charge in [0.25, 0.3) is 0 Å². The molecule has 0 bridgehead atoms. The predicted octanol–water partition coefficient (Wildman–Crippen LogP) is 2.91. The van der Waals surface area contributed by atoms with Crippen LogP contribution in [0.15, 0.2) is 34.9 Å². The van der Waals surface area contributed by atoms with Gasteiger partial charge in [0.1, 0.15) is 5.76 Å². The molecule has 0 aliphatic carbocycles. The number of nitrogens with zero attached hydrogens (tertiary/aromatic N) is 2. The minimum Gasteiger partial charge on any atom is -0.361 e. The first-order valence-electron chi connectivity index (χ1n) is 9.42. The summed E-state index contributed by atoms with van der Waals surface area (Å²) in [7, 11) is 0. The maximum Gasteiger partial charge on any atom is 0.143 e. The topological polar surface area (TPSA) is 53.3 Å². The highest BCUT2D eigenvalue weighted by Crippen LogP contribution is 2.32. The number of likely N-dealkylation sites (tertiary alicyclic amines) is 1. The number of hydrazine groups is 1. The van der Waals surface area contributed by atoms with Crippen LogP contribution < -0.4 is 10.9 Å². The summed E-state index contributed by atoms with van der Waals surface area (Å²) in [5, 5.41) is 4.09. The van der Waals surface area contributed by atoms with Crippen molar-refractivity contribution in [2.75, 3.05) is 13.1 Å². The number of aryl methyl sites for hydroxylation is 2. The number of nitrogens with one attached hydrogen (secondary N) is 2. The molecule has 2 aromatic rings. The summed E-state index contributed by atoms with van der Waals surface area (Å²) in [5.41, 5.74) is 10.7. The molecule has 3 unspecified atom stereocenters. The standard InChI is InChI=1S/C20H28N4O/c1-14-7-3-4-8-16(14)13-24-10-6-5-9-18(24)20-17(12-21-22-20)19-11-15(2)23-25-19/h3-4,7-8,11,17-18,20-22H,5-6,9-10,12-13H2,1-2H3. The van der Waals surface area contributed by atoms with E-state index in [-0.39, 0.29) is 0 Å². The molecule has 2 aliphatic heterocycles. The average Bonchev–Trinajstić information content (AvgIpc) is 3.26. The first-order valence-corrected chi connectivity index (χ1v) is 9.42. The summed E-state index contributed by atoms with van der Waals surface area (Å²) in [6.07, 6.45) is 3.82. The molecular weight excluding hydrogens is 312 g/mol. The van der Waals surface area contributed by atoms with Gasteiger partial charge in [-0.15, -0.1) is 0 Å². The Balaban J connectivity index is 1.55. The zero-order valence-electron chi connectivity index (χ0n) is 15.2. The molecular formula is C20H28N4O. The van der Waals surface area contributed by atoms with Gasteiger partial charge in [-0.25, -0.2) is 0 Å². The van der Waals surface area contributed by atoms with E-state index in [1.54, 1.807) is 0 Å². The normalized spacial score (nSPS) is 27.7. The Morgan fingerprint density at radius 1 is 1.24 bits per heavy atom. The maximum atomic E-state index is 5.59. The van der Waals surface area contributed by atoms with Crippen molar-refractivity contribution in [1.29, 1.82) is 0 Å². The van der Waals surface area contributed by atoms with Gasteiger partial charge >= 0.3 is 0 Å². The number of benzene rings is 1. The molecule has 0 amide bonds. The van der Waals surface area contributed by atoms with Crippen LogP contribution in [0.2, 0.25) is 0 Å². The first kappa shape index (κ1) is 16.8. The van der Waals surface area contributed by atoms with Crippen molar-refractivity contribution in [1.82, 2.24) is 20.9 Å². The van der Waals surface area contributed by atoms with Gasteiger partial charge in [0.15, 0.2) is 0 Å². The second-order valence-electron chi connectivity index (χ2n) is 7.49. The lowest BCUT2D eigenvalue weighted by Crippen LogP contribution is -2.52. The van der Waals surface area contributed by atoms with Gasteiger partial charge in [0.05, 0.1) is 11.6 Å². The lowest BCUT2D eigenvalue weighted by molar-refractivity contribution is 0.103. The Morgan fingerprint density at radius 3 is 2.92 bits per heavy atom. The summed E-state index contributed by atoms with van der Waals surface area (Å²) >= 11 is 0. The van der Waals surface area contributed by atoms with Crippen molar-refractivity contribution in [3.8, 4) is 0 Å². The van der Waals surface area contributed by atoms with Crippen LogP contribution in [0.5, 0.6) is 0 Å². The third-order valence-corrected chi connectivity index (χ3v) is 5.75. The van der Waals surface area contributed by atoms with Gasteiger partial charge in [-0.2, -0.15) is 0 Å². The first-order chi connectivity index (χ1) is 12.2. The van der Waals surface area contributed by atoms with E-state index in [1.807, 2.05) is 6.92 Å². The molecule has 2 fully saturated rings. The van der Waals surface area contributed by atoms with Gasteiger partial charge in [-0.05, 0) is 44.4 Å². The quantitative estimate of drug-likeness (QED) is 0.896. The number of aromatic nitrogens is 1. The summed E-state index contributed by atoms with van der Waals surface area (Å²) in [4.78, 5) is 2.66. The Morgan fingerprint density at radius 2 is 2.12 bits per heavy atom. The molecule has 5 nitrogen and oxygen atoms in total. The monoisotopic (exact) mass is 340 g/mol. The van der Waals surface area contributed by atoms with Crippen LogP contribution in [0.1, 0.15) is 47.8 Å². The van der Waals surface area contributed by atoms with Gasteiger partial charge < -0.3 is 4.52 Å². The molecule has 2 N–H and O–H groups in total. The van der Waals surface area contributed by atoms with E-state index in [1.165, 1.54) is 36.9 Å². The summed E-state index contributed by atoms with van der Waals surface area (Å²) < 4.78 is 5.59. The molecule has 5 heteroatoms. The van der Waals surface area contributed by atoms with E-state index in [0.29, 0.717) is 18.0 Å². The Bertz CT molecular complexity index is 713. The molecule has 2 aliphatic rings. The smallest absolute Gasteiger partial charge is 0.143 e. The molecule has 25 heavy (non-hydrogen) atoms. The second-order valence-corrected chi connectivity index (χ2v) is 7.49. The molecule has 0 radical (unpaired) electrons. The molecule has 0 spiro atoms. The summed E-state index contributed by atoms with van der Waals surface area (Å²) in [5.74, 6) is 1.34. The van der Waals surface area contributed by atoms with E-state index in [9.17, 15) is 0 Å². The van der Waals surface area contributed by atoms with E-state index >= 15 is 0 Å². The van der Waals surface area contributed by atoms with Crippen LogP contribution in [-0.2, 0) is 6.54 Å². The largest absolute Gasteiger partial charge is 0.361 e. The predicted molar refractivity (Wildman–Crippen MR) is 98.1 cm³/mol. The van der Waals surface area contributed by atoms with Crippen LogP contribution in [0.4, 0.5) is 0 Å². The Kier molecular flexibility index (Phi) is 4.88. The van der Waals surface area contributed by atoms with Crippen molar-refractivity contribution >= 4 is 0 Å². The summed E-state index contributed by atoms with van der Waals surface area (Å²) in [6.45, 7) is 7.29. The Labute approximate surface area is 149 Å². The molecule has 3 atom stereocenters. The molecule has 1 aromatic carbocycles. The lowest BCUT2D eigenvalue weighted by Gasteiger charge is -2.40. The third kappa shape index (κ3) is 3.50. The fraction of sp³-hybridized carbons (Fsp3) is 0.550. The van der Waals surface area contributed by atoms with Gasteiger partial charge in [0.2, 0.25) is 0 Å². The summed E-state index contributed by atoms with van der Waals surface area (Å²) in [6, 6.07) is 11.7. The fourth-order valence-electron chi connectivity index (χ4n) is 4.34. The van der Waals surface area contributed by atoms with Crippen LogP contribution in [0.3, 0.4) is 0 Å². The maximum absolute atomic E-state index is 5.59. The van der Waals surface area contributed by atoms with Crippen LogP contribution in [0, 0.1) is 13.8 Å². The van der Waals surface area contributed by atoms with E-state index in [0.717, 1.165) is 24.5 Å². The van der Waals surface area contributed by atoms with Gasteiger partial charge in [-0.1, -0.05) is 35.8 Å². The highest BCUT2D eigenvalue weighted by atomic mass is 16.5. The number of hydrogen-bond donors (Lipinski definition) is 2. The zero-order valence-corrected chi connectivity index (χ0v) is 15.2. The van der Waals surface area contributed by atoms with E-state index in [2.05, 4.69) is 58.2 Å². The number of hydrogen-bond acceptors (Lipinski definition) is 5. The van der Waals surface area contributed by atoms with Gasteiger partial charge in [-0.3, -0.25) is 15.8 Å². The van der Waals surface area contributed by atoms with Crippen molar-refractivity contribution < 1.29 is 4.52 Å². The second kappa shape index (κ2) is 7.28. The van der Waals surface area contributed by atoms with Crippen molar-refractivity contribution in [2.45, 2.75) is 57.7 Å². The van der Waals surface area contributed by atoms with E-state index in [4.69, 9.17) is 4.52 Å². The van der Waals surface area contributed by atoms with Crippen LogP contribution in [-0.4, -0.2) is 35.2 Å². The molecule has 134 valence electrons. The molecule has 4 rings (SSSR count). The number of rotatable bonds is 4.